The zero-order valence-electron chi connectivity index (χ0n) is 11.0. The molecular weight excluding hydrogens is 218 g/mol. The van der Waals surface area contributed by atoms with Crippen molar-refractivity contribution in [1.29, 1.82) is 0 Å². The van der Waals surface area contributed by atoms with Crippen molar-refractivity contribution in [2.75, 3.05) is 20.3 Å². The van der Waals surface area contributed by atoms with E-state index in [1.165, 1.54) is 0 Å². The maximum atomic E-state index is 5.53. The van der Waals surface area contributed by atoms with Crippen molar-refractivity contribution in [1.82, 2.24) is 15.5 Å². The molecule has 1 rings (SSSR count). The summed E-state index contributed by atoms with van der Waals surface area (Å²) in [5, 5.41) is 11.0. The van der Waals surface area contributed by atoms with Crippen LogP contribution >= 0.6 is 0 Å². The minimum atomic E-state index is -0.133. The van der Waals surface area contributed by atoms with Crippen LogP contribution < -0.4 is 10.1 Å². The van der Waals surface area contributed by atoms with Gasteiger partial charge in [0.1, 0.15) is 6.61 Å². The molecule has 0 fully saturated rings. The largest absolute Gasteiger partial charge is 0.474 e. The van der Waals surface area contributed by atoms with Gasteiger partial charge in [-0.15, -0.1) is 5.10 Å². The molecule has 1 aromatic rings. The van der Waals surface area contributed by atoms with Crippen molar-refractivity contribution in [2.45, 2.75) is 32.9 Å². The summed E-state index contributed by atoms with van der Waals surface area (Å²) in [5.74, 6) is 0.530. The van der Waals surface area contributed by atoms with E-state index < -0.39 is 0 Å². The predicted molar refractivity (Wildman–Crippen MR) is 66.0 cm³/mol. The molecular formula is C12H21N3O2. The fourth-order valence-electron chi connectivity index (χ4n) is 1.19. The Morgan fingerprint density at radius 1 is 1.18 bits per heavy atom. The number of rotatable bonds is 6. The Hall–Kier alpha value is -1.20. The van der Waals surface area contributed by atoms with Crippen LogP contribution in [0.2, 0.25) is 0 Å². The third-order valence-corrected chi connectivity index (χ3v) is 1.92. The zero-order chi connectivity index (χ0) is 12.7. The SMILES string of the molecule is CNCc1ccc(OCCOC(C)(C)C)nn1. The van der Waals surface area contributed by atoms with E-state index in [0.717, 1.165) is 5.69 Å². The van der Waals surface area contributed by atoms with Crippen molar-refractivity contribution >= 4 is 0 Å². The van der Waals surface area contributed by atoms with Gasteiger partial charge in [0.25, 0.3) is 0 Å². The molecule has 0 aromatic carbocycles. The maximum Gasteiger partial charge on any atom is 0.233 e. The second-order valence-corrected chi connectivity index (χ2v) is 4.70. The van der Waals surface area contributed by atoms with Crippen molar-refractivity contribution in [3.8, 4) is 5.88 Å². The predicted octanol–water partition coefficient (Wildman–Crippen LogP) is 1.39. The summed E-state index contributed by atoms with van der Waals surface area (Å²) >= 11 is 0. The van der Waals surface area contributed by atoms with Crippen LogP contribution in [0.15, 0.2) is 12.1 Å². The van der Waals surface area contributed by atoms with Crippen LogP contribution in [-0.4, -0.2) is 36.1 Å². The highest BCUT2D eigenvalue weighted by Crippen LogP contribution is 2.07. The Bertz CT molecular complexity index is 320. The summed E-state index contributed by atoms with van der Waals surface area (Å²) in [5.41, 5.74) is 0.761. The van der Waals surface area contributed by atoms with E-state index in [4.69, 9.17) is 9.47 Å². The minimum absolute atomic E-state index is 0.133. The fraction of sp³-hybridized carbons (Fsp3) is 0.667. The van der Waals surface area contributed by atoms with E-state index in [2.05, 4.69) is 15.5 Å². The Labute approximate surface area is 103 Å². The third-order valence-electron chi connectivity index (χ3n) is 1.92. The summed E-state index contributed by atoms with van der Waals surface area (Å²) in [7, 11) is 1.87. The van der Waals surface area contributed by atoms with Gasteiger partial charge in [0.05, 0.1) is 17.9 Å². The van der Waals surface area contributed by atoms with E-state index >= 15 is 0 Å². The summed E-state index contributed by atoms with van der Waals surface area (Å²) in [4.78, 5) is 0. The highest BCUT2D eigenvalue weighted by atomic mass is 16.5. The summed E-state index contributed by atoms with van der Waals surface area (Å²) in [6.07, 6.45) is 0. The first kappa shape index (κ1) is 13.9. The van der Waals surface area contributed by atoms with Gasteiger partial charge in [0.15, 0.2) is 0 Å². The molecule has 5 heteroatoms. The first-order valence-electron chi connectivity index (χ1n) is 5.75. The summed E-state index contributed by atoms with van der Waals surface area (Å²) in [6.45, 7) is 7.78. The molecule has 0 atom stereocenters. The first-order chi connectivity index (χ1) is 8.01. The smallest absolute Gasteiger partial charge is 0.233 e. The highest BCUT2D eigenvalue weighted by molar-refractivity contribution is 5.11. The molecule has 0 aliphatic carbocycles. The van der Waals surface area contributed by atoms with Gasteiger partial charge in [-0.2, -0.15) is 5.10 Å². The molecule has 0 aliphatic rings. The topological polar surface area (TPSA) is 56.3 Å². The van der Waals surface area contributed by atoms with Crippen LogP contribution in [0.3, 0.4) is 0 Å². The van der Waals surface area contributed by atoms with E-state index in [-0.39, 0.29) is 5.60 Å². The molecule has 96 valence electrons. The first-order valence-corrected chi connectivity index (χ1v) is 5.75. The standard InChI is InChI=1S/C12H21N3O2/c1-12(2,3)17-8-7-16-11-6-5-10(9-13-4)14-15-11/h5-6,13H,7-9H2,1-4H3. The molecule has 5 nitrogen and oxygen atoms in total. The Morgan fingerprint density at radius 2 is 1.94 bits per heavy atom. The Balaban J connectivity index is 2.27. The Kier molecular flexibility index (Phi) is 5.31. The average Bonchev–Trinajstić information content (AvgIpc) is 2.26. The van der Waals surface area contributed by atoms with Crippen LogP contribution in [0, 0.1) is 0 Å². The van der Waals surface area contributed by atoms with Crippen molar-refractivity contribution in [3.05, 3.63) is 17.8 Å². The molecule has 0 aliphatic heterocycles. The monoisotopic (exact) mass is 239 g/mol. The molecule has 0 radical (unpaired) electrons. The zero-order valence-corrected chi connectivity index (χ0v) is 11.0. The van der Waals surface area contributed by atoms with Gasteiger partial charge in [-0.25, -0.2) is 0 Å². The highest BCUT2D eigenvalue weighted by Gasteiger charge is 2.09. The number of nitrogens with one attached hydrogen (secondary N) is 1. The molecule has 1 aromatic heterocycles. The lowest BCUT2D eigenvalue weighted by molar-refractivity contribution is -0.0169. The number of hydrogen-bond acceptors (Lipinski definition) is 5. The molecule has 0 bridgehead atoms. The molecule has 0 saturated carbocycles. The quantitative estimate of drug-likeness (QED) is 0.760. The van der Waals surface area contributed by atoms with Gasteiger partial charge < -0.3 is 14.8 Å². The van der Waals surface area contributed by atoms with Crippen molar-refractivity contribution in [2.24, 2.45) is 0 Å². The summed E-state index contributed by atoms with van der Waals surface area (Å²) < 4.78 is 10.9. The van der Waals surface area contributed by atoms with Gasteiger partial charge >= 0.3 is 0 Å². The number of hydrogen-bond donors (Lipinski definition) is 1. The van der Waals surface area contributed by atoms with Crippen LogP contribution in [-0.2, 0) is 11.3 Å². The van der Waals surface area contributed by atoms with E-state index in [9.17, 15) is 0 Å². The molecule has 0 amide bonds. The normalized spacial score (nSPS) is 11.5. The molecule has 1 N–H and O–H groups in total. The lowest BCUT2D eigenvalue weighted by Crippen LogP contribution is -2.22. The van der Waals surface area contributed by atoms with Crippen LogP contribution in [0.4, 0.5) is 0 Å². The summed E-state index contributed by atoms with van der Waals surface area (Å²) in [6, 6.07) is 3.71. The molecule has 17 heavy (non-hydrogen) atoms. The second-order valence-electron chi connectivity index (χ2n) is 4.70. The van der Waals surface area contributed by atoms with Crippen LogP contribution in [0.5, 0.6) is 5.88 Å². The lowest BCUT2D eigenvalue weighted by atomic mass is 10.2. The van der Waals surface area contributed by atoms with Gasteiger partial charge in [-0.05, 0) is 33.9 Å². The van der Waals surface area contributed by atoms with Crippen molar-refractivity contribution in [3.63, 3.8) is 0 Å². The number of ether oxygens (including phenoxy) is 2. The minimum Gasteiger partial charge on any atom is -0.474 e. The second kappa shape index (κ2) is 6.51. The third kappa shape index (κ3) is 6.19. The number of nitrogens with zero attached hydrogens (tertiary/aromatic N) is 2. The maximum absolute atomic E-state index is 5.53. The van der Waals surface area contributed by atoms with Gasteiger partial charge in [-0.1, -0.05) is 0 Å². The molecule has 1 heterocycles. The van der Waals surface area contributed by atoms with E-state index in [1.54, 1.807) is 0 Å². The van der Waals surface area contributed by atoms with E-state index in [1.807, 2.05) is 40.0 Å². The van der Waals surface area contributed by atoms with Gasteiger partial charge in [0.2, 0.25) is 5.88 Å². The lowest BCUT2D eigenvalue weighted by Gasteiger charge is -2.19. The average molecular weight is 239 g/mol. The van der Waals surface area contributed by atoms with Gasteiger partial charge in [0, 0.05) is 12.6 Å². The fourth-order valence-corrected chi connectivity index (χ4v) is 1.19. The molecule has 0 unspecified atom stereocenters. The Morgan fingerprint density at radius 3 is 2.47 bits per heavy atom. The number of aromatic nitrogens is 2. The van der Waals surface area contributed by atoms with Crippen molar-refractivity contribution < 1.29 is 9.47 Å². The van der Waals surface area contributed by atoms with Crippen LogP contribution in [0.1, 0.15) is 26.5 Å². The van der Waals surface area contributed by atoms with Gasteiger partial charge in [-0.3, -0.25) is 0 Å². The van der Waals surface area contributed by atoms with Crippen LogP contribution in [0.25, 0.3) is 0 Å². The molecule has 0 saturated heterocycles. The van der Waals surface area contributed by atoms with E-state index in [0.29, 0.717) is 25.6 Å². The molecule has 0 spiro atoms.